The molecule has 8 nitrogen and oxygen atoms in total. The first-order chi connectivity index (χ1) is 31.5. The van der Waals surface area contributed by atoms with E-state index in [4.69, 9.17) is 9.05 Å². The smallest absolute Gasteiger partial charge is 0.268 e. The molecule has 0 radical (unpaired) electrons. The molecule has 65 heavy (non-hydrogen) atoms. The number of likely N-dealkylation sites (N-methyl/N-ethyl adjacent to an activating group) is 1. The van der Waals surface area contributed by atoms with Crippen LogP contribution >= 0.6 is 7.82 Å². The Morgan fingerprint density at radius 1 is 0.538 bits per heavy atom. The molecule has 382 valence electrons. The minimum atomic E-state index is -4.61. The van der Waals surface area contributed by atoms with Crippen LogP contribution in [-0.4, -0.2) is 68.5 Å². The molecule has 3 unspecified atom stereocenters. The number of carbonyl (C=O) groups excluding carboxylic acids is 1. The number of nitrogens with zero attached hydrogens (tertiary/aromatic N) is 1. The molecule has 2 N–H and O–H groups in total. The van der Waals surface area contributed by atoms with Gasteiger partial charge in [0.05, 0.1) is 39.9 Å². The highest BCUT2D eigenvalue weighted by Gasteiger charge is 2.23. The molecule has 0 saturated heterocycles. The molecule has 0 aromatic carbocycles. The van der Waals surface area contributed by atoms with E-state index in [2.05, 4.69) is 55.6 Å². The van der Waals surface area contributed by atoms with Crippen molar-refractivity contribution in [2.24, 2.45) is 0 Å². The van der Waals surface area contributed by atoms with Gasteiger partial charge in [-0.1, -0.05) is 229 Å². The molecule has 0 aromatic rings. The SMILES string of the molecule is CCCCCC/C=C\C/C=C\CCCCCCCC(=O)NC(COP(=O)([O-])OCC[N+](C)(C)C)C(O)/C=C/CC/C=C/CCCCCCCCCCCCCCCCCCCCCCC. The minimum Gasteiger partial charge on any atom is -0.756 e. The van der Waals surface area contributed by atoms with Crippen molar-refractivity contribution in [1.29, 1.82) is 0 Å². The van der Waals surface area contributed by atoms with Crippen LogP contribution < -0.4 is 10.2 Å². The van der Waals surface area contributed by atoms with Crippen LogP contribution in [0.5, 0.6) is 0 Å². The molecule has 3 atom stereocenters. The summed E-state index contributed by atoms with van der Waals surface area (Å²) in [6.07, 6.45) is 61.9. The lowest BCUT2D eigenvalue weighted by molar-refractivity contribution is -0.870. The molecule has 0 fully saturated rings. The Morgan fingerprint density at radius 3 is 1.35 bits per heavy atom. The normalized spacial score (nSPS) is 14.4. The summed E-state index contributed by atoms with van der Waals surface area (Å²) in [6.45, 7) is 4.62. The Hall–Kier alpha value is -1.54. The fourth-order valence-corrected chi connectivity index (χ4v) is 8.63. The molecule has 1 amide bonds. The van der Waals surface area contributed by atoms with Gasteiger partial charge in [0.15, 0.2) is 0 Å². The molecular formula is C56H107N2O6P. The van der Waals surface area contributed by atoms with E-state index in [1.54, 1.807) is 6.08 Å². The van der Waals surface area contributed by atoms with Crippen molar-refractivity contribution in [3.8, 4) is 0 Å². The summed E-state index contributed by atoms with van der Waals surface area (Å²) in [5.74, 6) is -0.220. The first-order valence-electron chi connectivity index (χ1n) is 27.5. The third kappa shape index (κ3) is 50.2. The van der Waals surface area contributed by atoms with Crippen LogP contribution in [0.4, 0.5) is 0 Å². The number of rotatable bonds is 50. The number of carbonyl (C=O) groups is 1. The van der Waals surface area contributed by atoms with Gasteiger partial charge >= 0.3 is 0 Å². The number of aliphatic hydroxyl groups excluding tert-OH is 1. The second-order valence-corrected chi connectivity index (χ2v) is 21.3. The molecule has 0 spiro atoms. The number of allylic oxidation sites excluding steroid dienone is 7. The second-order valence-electron chi connectivity index (χ2n) is 19.9. The largest absolute Gasteiger partial charge is 0.756 e. The van der Waals surface area contributed by atoms with Crippen molar-refractivity contribution in [2.75, 3.05) is 40.9 Å². The van der Waals surface area contributed by atoms with Gasteiger partial charge in [0.2, 0.25) is 5.91 Å². The average molecular weight is 935 g/mol. The number of hydrogen-bond acceptors (Lipinski definition) is 6. The molecule has 0 aliphatic carbocycles. The van der Waals surface area contributed by atoms with E-state index in [1.807, 2.05) is 27.2 Å². The Morgan fingerprint density at radius 2 is 0.908 bits per heavy atom. The number of phosphoric acid groups is 1. The van der Waals surface area contributed by atoms with E-state index < -0.39 is 26.6 Å². The van der Waals surface area contributed by atoms with Gasteiger partial charge in [0, 0.05) is 6.42 Å². The Labute approximate surface area is 403 Å². The summed E-state index contributed by atoms with van der Waals surface area (Å²) in [6, 6.07) is -0.912. The van der Waals surface area contributed by atoms with Gasteiger partial charge in [0.25, 0.3) is 7.82 Å². The van der Waals surface area contributed by atoms with Crippen LogP contribution in [-0.2, 0) is 18.4 Å². The van der Waals surface area contributed by atoms with E-state index >= 15 is 0 Å². The predicted octanol–water partition coefficient (Wildman–Crippen LogP) is 15.7. The van der Waals surface area contributed by atoms with Crippen LogP contribution in [0.2, 0.25) is 0 Å². The van der Waals surface area contributed by atoms with Gasteiger partial charge in [-0.25, -0.2) is 0 Å². The van der Waals surface area contributed by atoms with Crippen LogP contribution in [0.1, 0.15) is 251 Å². The Kier molecular flexibility index (Phi) is 46.4. The van der Waals surface area contributed by atoms with E-state index in [9.17, 15) is 19.4 Å². The topological polar surface area (TPSA) is 108 Å². The quantitative estimate of drug-likeness (QED) is 0.0272. The number of phosphoric ester groups is 1. The summed E-state index contributed by atoms with van der Waals surface area (Å²) in [5, 5.41) is 13.8. The summed E-state index contributed by atoms with van der Waals surface area (Å²) < 4.78 is 23.3. The van der Waals surface area contributed by atoms with Gasteiger partial charge in [-0.05, 0) is 64.2 Å². The van der Waals surface area contributed by atoms with Crippen molar-refractivity contribution >= 4 is 13.7 Å². The zero-order chi connectivity index (χ0) is 47.8. The molecule has 0 rings (SSSR count). The third-order valence-electron chi connectivity index (χ3n) is 12.3. The highest BCUT2D eigenvalue weighted by molar-refractivity contribution is 7.45. The van der Waals surface area contributed by atoms with Gasteiger partial charge in [-0.2, -0.15) is 0 Å². The predicted molar refractivity (Wildman–Crippen MR) is 279 cm³/mol. The molecule has 0 aliphatic heterocycles. The molecule has 0 bridgehead atoms. The summed E-state index contributed by atoms with van der Waals surface area (Å²) >= 11 is 0. The van der Waals surface area contributed by atoms with Gasteiger partial charge < -0.3 is 28.8 Å². The number of hydrogen-bond donors (Lipinski definition) is 2. The highest BCUT2D eigenvalue weighted by atomic mass is 31.2. The van der Waals surface area contributed by atoms with Crippen molar-refractivity contribution in [3.63, 3.8) is 0 Å². The van der Waals surface area contributed by atoms with Crippen molar-refractivity contribution in [2.45, 2.75) is 264 Å². The fraction of sp³-hybridized carbons (Fsp3) is 0.839. The van der Waals surface area contributed by atoms with E-state index in [1.165, 1.54) is 167 Å². The number of amides is 1. The Bertz CT molecular complexity index is 1200. The van der Waals surface area contributed by atoms with Crippen LogP contribution in [0.3, 0.4) is 0 Å². The molecule has 0 aliphatic rings. The minimum absolute atomic E-state index is 0.0101. The number of nitrogens with one attached hydrogen (secondary N) is 1. The average Bonchev–Trinajstić information content (AvgIpc) is 3.26. The lowest BCUT2D eigenvalue weighted by atomic mass is 10.0. The highest BCUT2D eigenvalue weighted by Crippen LogP contribution is 2.38. The van der Waals surface area contributed by atoms with Gasteiger partial charge in [-0.15, -0.1) is 0 Å². The zero-order valence-corrected chi connectivity index (χ0v) is 44.3. The maximum absolute atomic E-state index is 12.9. The maximum Gasteiger partial charge on any atom is 0.268 e. The summed E-state index contributed by atoms with van der Waals surface area (Å²) in [4.78, 5) is 25.4. The molecule has 0 saturated carbocycles. The lowest BCUT2D eigenvalue weighted by Crippen LogP contribution is -2.45. The third-order valence-corrected chi connectivity index (χ3v) is 13.2. The zero-order valence-electron chi connectivity index (χ0n) is 43.4. The first kappa shape index (κ1) is 63.5. The molecule has 0 aromatic heterocycles. The number of aliphatic hydroxyl groups is 1. The summed E-state index contributed by atoms with van der Waals surface area (Å²) in [7, 11) is 1.23. The van der Waals surface area contributed by atoms with E-state index in [-0.39, 0.29) is 12.5 Å². The standard InChI is InChI=1S/C56H107N2O6P/c1-6-8-10-12-14-16-18-20-22-24-25-26-27-28-29-30-31-32-33-34-35-37-39-41-43-45-47-49-55(59)54(53-64-65(61,62)63-52-51-58(3,4)5)57-56(60)50-48-46-44-42-40-38-36-23-21-19-17-15-13-11-9-7-2/h17,19,23,36,39,41,47,49,54-55,59H,6-16,18,20-22,24-35,37-38,40,42-46,48,50-53H2,1-5H3,(H-,57,60,61,62)/b19-17-,36-23-,41-39+,49-47+. The molecule has 0 heterocycles. The van der Waals surface area contributed by atoms with Crippen LogP contribution in [0, 0.1) is 0 Å². The van der Waals surface area contributed by atoms with Crippen molar-refractivity contribution in [3.05, 3.63) is 48.6 Å². The van der Waals surface area contributed by atoms with Gasteiger partial charge in [0.1, 0.15) is 13.2 Å². The van der Waals surface area contributed by atoms with E-state index in [0.717, 1.165) is 64.2 Å². The number of unbranched alkanes of at least 4 members (excludes halogenated alkanes) is 31. The van der Waals surface area contributed by atoms with Crippen molar-refractivity contribution < 1.29 is 32.9 Å². The number of quaternary nitrogens is 1. The fourth-order valence-electron chi connectivity index (χ4n) is 7.91. The Balaban J connectivity index is 4.27. The lowest BCUT2D eigenvalue weighted by Gasteiger charge is -2.29. The molecule has 9 heteroatoms. The van der Waals surface area contributed by atoms with E-state index in [0.29, 0.717) is 17.4 Å². The second kappa shape index (κ2) is 47.5. The van der Waals surface area contributed by atoms with Crippen LogP contribution in [0.25, 0.3) is 0 Å². The molecular weight excluding hydrogens is 828 g/mol. The first-order valence-corrected chi connectivity index (χ1v) is 29.0. The monoisotopic (exact) mass is 935 g/mol. The van der Waals surface area contributed by atoms with Gasteiger partial charge in [-0.3, -0.25) is 9.36 Å². The van der Waals surface area contributed by atoms with Crippen molar-refractivity contribution in [1.82, 2.24) is 5.32 Å². The summed E-state index contributed by atoms with van der Waals surface area (Å²) in [5.41, 5.74) is 0. The van der Waals surface area contributed by atoms with Crippen LogP contribution in [0.15, 0.2) is 48.6 Å². The maximum atomic E-state index is 12.9.